The van der Waals surface area contributed by atoms with Gasteiger partial charge in [0.05, 0.1) is 0 Å². The van der Waals surface area contributed by atoms with E-state index in [4.69, 9.17) is 17.3 Å². The molecule has 0 spiro atoms. The monoisotopic (exact) mass is 405 g/mol. The van der Waals surface area contributed by atoms with Crippen LogP contribution in [-0.4, -0.2) is 0 Å². The maximum atomic E-state index is 13.8. The summed E-state index contributed by atoms with van der Waals surface area (Å²) < 4.78 is 15.4. The highest BCUT2D eigenvalue weighted by molar-refractivity contribution is 9.10. The van der Waals surface area contributed by atoms with Crippen LogP contribution in [0, 0.1) is 5.82 Å². The SMILES string of the molecule is NC(Cc1ccc(Br)cc1Cl)c1ccc(Br)cc1F. The van der Waals surface area contributed by atoms with E-state index in [0.29, 0.717) is 21.5 Å². The predicted molar refractivity (Wildman–Crippen MR) is 83.9 cm³/mol. The van der Waals surface area contributed by atoms with Gasteiger partial charge < -0.3 is 5.73 Å². The lowest BCUT2D eigenvalue weighted by Crippen LogP contribution is -2.15. The molecule has 5 heteroatoms. The van der Waals surface area contributed by atoms with Crippen LogP contribution in [0.3, 0.4) is 0 Å². The Morgan fingerprint density at radius 3 is 2.37 bits per heavy atom. The van der Waals surface area contributed by atoms with E-state index in [0.717, 1.165) is 10.0 Å². The van der Waals surface area contributed by atoms with E-state index >= 15 is 0 Å². The van der Waals surface area contributed by atoms with E-state index in [1.807, 2.05) is 18.2 Å². The maximum Gasteiger partial charge on any atom is 0.129 e. The highest BCUT2D eigenvalue weighted by Crippen LogP contribution is 2.27. The van der Waals surface area contributed by atoms with Gasteiger partial charge >= 0.3 is 0 Å². The Labute approximate surface area is 133 Å². The Bertz CT molecular complexity index is 604. The maximum absolute atomic E-state index is 13.8. The molecule has 1 nitrogen and oxygen atoms in total. The Balaban J connectivity index is 2.23. The van der Waals surface area contributed by atoms with Crippen molar-refractivity contribution in [3.8, 4) is 0 Å². The number of benzene rings is 2. The molecular weight excluding hydrogens is 396 g/mol. The number of rotatable bonds is 3. The average molecular weight is 408 g/mol. The number of nitrogens with two attached hydrogens (primary N) is 1. The van der Waals surface area contributed by atoms with Crippen molar-refractivity contribution in [3.63, 3.8) is 0 Å². The average Bonchev–Trinajstić information content (AvgIpc) is 2.32. The molecule has 0 radical (unpaired) electrons. The normalized spacial score (nSPS) is 12.5. The topological polar surface area (TPSA) is 26.0 Å². The molecule has 2 aromatic carbocycles. The van der Waals surface area contributed by atoms with Crippen LogP contribution in [0.5, 0.6) is 0 Å². The zero-order chi connectivity index (χ0) is 14.0. The molecule has 2 aromatic rings. The summed E-state index contributed by atoms with van der Waals surface area (Å²) in [6.45, 7) is 0. The van der Waals surface area contributed by atoms with Gasteiger partial charge in [-0.15, -0.1) is 0 Å². The molecule has 0 saturated heterocycles. The zero-order valence-electron chi connectivity index (χ0n) is 9.84. The molecule has 0 saturated carbocycles. The van der Waals surface area contributed by atoms with Crippen LogP contribution in [0.2, 0.25) is 5.02 Å². The highest BCUT2D eigenvalue weighted by atomic mass is 79.9. The van der Waals surface area contributed by atoms with Gasteiger partial charge in [0.2, 0.25) is 0 Å². The first-order chi connectivity index (χ1) is 8.97. The van der Waals surface area contributed by atoms with Gasteiger partial charge in [0.15, 0.2) is 0 Å². The van der Waals surface area contributed by atoms with Crippen LogP contribution in [-0.2, 0) is 6.42 Å². The molecule has 0 amide bonds. The van der Waals surface area contributed by atoms with Crippen molar-refractivity contribution >= 4 is 43.5 Å². The van der Waals surface area contributed by atoms with Gasteiger partial charge in [-0.2, -0.15) is 0 Å². The molecule has 100 valence electrons. The Morgan fingerprint density at radius 1 is 1.11 bits per heavy atom. The molecule has 2 rings (SSSR count). The van der Waals surface area contributed by atoms with E-state index in [-0.39, 0.29) is 5.82 Å². The van der Waals surface area contributed by atoms with Gasteiger partial charge in [-0.05, 0) is 36.2 Å². The first-order valence-corrected chi connectivity index (χ1v) is 7.58. The van der Waals surface area contributed by atoms with Crippen molar-refractivity contribution in [2.45, 2.75) is 12.5 Å². The summed E-state index contributed by atoms with van der Waals surface area (Å²) in [5.41, 5.74) is 7.45. The lowest BCUT2D eigenvalue weighted by atomic mass is 9.99. The summed E-state index contributed by atoms with van der Waals surface area (Å²) in [5.74, 6) is -0.310. The van der Waals surface area contributed by atoms with E-state index in [1.165, 1.54) is 6.07 Å². The molecule has 0 bridgehead atoms. The minimum Gasteiger partial charge on any atom is -0.324 e. The summed E-state index contributed by atoms with van der Waals surface area (Å²) in [7, 11) is 0. The highest BCUT2D eigenvalue weighted by Gasteiger charge is 2.14. The first-order valence-electron chi connectivity index (χ1n) is 5.62. The lowest BCUT2D eigenvalue weighted by molar-refractivity contribution is 0.579. The fourth-order valence-corrected chi connectivity index (χ4v) is 2.92. The van der Waals surface area contributed by atoms with E-state index in [9.17, 15) is 4.39 Å². The van der Waals surface area contributed by atoms with Crippen LogP contribution in [0.25, 0.3) is 0 Å². The summed E-state index contributed by atoms with van der Waals surface area (Å²) in [5, 5.41) is 0.627. The molecule has 0 aliphatic carbocycles. The molecule has 0 aliphatic rings. The molecule has 0 aromatic heterocycles. The van der Waals surface area contributed by atoms with Crippen molar-refractivity contribution < 1.29 is 4.39 Å². The third kappa shape index (κ3) is 3.78. The minimum absolute atomic E-state index is 0.310. The van der Waals surface area contributed by atoms with E-state index in [1.54, 1.807) is 12.1 Å². The fraction of sp³-hybridized carbons (Fsp3) is 0.143. The molecule has 1 atom stereocenters. The van der Waals surface area contributed by atoms with Crippen LogP contribution >= 0.6 is 43.5 Å². The third-order valence-corrected chi connectivity index (χ3v) is 4.16. The molecular formula is C14H11Br2ClFN. The number of hydrogen-bond acceptors (Lipinski definition) is 1. The second-order valence-electron chi connectivity index (χ2n) is 4.21. The summed E-state index contributed by atoms with van der Waals surface area (Å²) in [6, 6.07) is 10.1. The van der Waals surface area contributed by atoms with Gasteiger partial charge in [-0.25, -0.2) is 4.39 Å². The molecule has 19 heavy (non-hydrogen) atoms. The van der Waals surface area contributed by atoms with Gasteiger partial charge in [0, 0.05) is 25.6 Å². The van der Waals surface area contributed by atoms with Crippen LogP contribution < -0.4 is 5.73 Å². The van der Waals surface area contributed by atoms with Gasteiger partial charge in [0.25, 0.3) is 0 Å². The lowest BCUT2D eigenvalue weighted by Gasteiger charge is -2.14. The van der Waals surface area contributed by atoms with Gasteiger partial charge in [-0.3, -0.25) is 0 Å². The zero-order valence-corrected chi connectivity index (χ0v) is 13.8. The fourth-order valence-electron chi connectivity index (χ4n) is 1.84. The molecule has 2 N–H and O–H groups in total. The van der Waals surface area contributed by atoms with Crippen molar-refractivity contribution in [3.05, 3.63) is 67.3 Å². The van der Waals surface area contributed by atoms with E-state index in [2.05, 4.69) is 31.9 Å². The summed E-state index contributed by atoms with van der Waals surface area (Å²) >= 11 is 12.7. The minimum atomic E-state index is -0.424. The van der Waals surface area contributed by atoms with Gasteiger partial charge in [0.1, 0.15) is 5.82 Å². The molecule has 0 fully saturated rings. The third-order valence-electron chi connectivity index (χ3n) is 2.82. The number of halogens is 4. The molecule has 0 heterocycles. The van der Waals surface area contributed by atoms with Gasteiger partial charge in [-0.1, -0.05) is 55.6 Å². The quantitative estimate of drug-likeness (QED) is 0.739. The van der Waals surface area contributed by atoms with E-state index < -0.39 is 6.04 Å². The Morgan fingerprint density at radius 2 is 1.74 bits per heavy atom. The van der Waals surface area contributed by atoms with Crippen molar-refractivity contribution in [2.24, 2.45) is 5.73 Å². The molecule has 0 aliphatic heterocycles. The largest absolute Gasteiger partial charge is 0.324 e. The Kier molecular flexibility index (Phi) is 5.01. The first kappa shape index (κ1) is 15.0. The Hall–Kier alpha value is -0.420. The number of hydrogen-bond donors (Lipinski definition) is 1. The van der Waals surface area contributed by atoms with Crippen molar-refractivity contribution in [2.75, 3.05) is 0 Å². The second-order valence-corrected chi connectivity index (χ2v) is 6.45. The van der Waals surface area contributed by atoms with Crippen molar-refractivity contribution in [1.82, 2.24) is 0 Å². The van der Waals surface area contributed by atoms with Crippen LogP contribution in [0.15, 0.2) is 45.3 Å². The standard InChI is InChI=1S/C14H11Br2ClFN/c15-9-2-1-8(12(17)6-9)5-14(19)11-4-3-10(16)7-13(11)18/h1-4,6-7,14H,5,19H2. The second kappa shape index (κ2) is 6.35. The smallest absolute Gasteiger partial charge is 0.129 e. The summed E-state index contributed by atoms with van der Waals surface area (Å²) in [6.07, 6.45) is 0.491. The van der Waals surface area contributed by atoms with Crippen LogP contribution in [0.4, 0.5) is 4.39 Å². The molecule has 1 unspecified atom stereocenters. The van der Waals surface area contributed by atoms with Crippen molar-refractivity contribution in [1.29, 1.82) is 0 Å². The summed E-state index contributed by atoms with van der Waals surface area (Å²) in [4.78, 5) is 0. The predicted octanol–water partition coefficient (Wildman–Crippen LogP) is 5.25. The van der Waals surface area contributed by atoms with Crippen LogP contribution in [0.1, 0.15) is 17.2 Å².